The average Bonchev–Trinajstić information content (AvgIpc) is 2.40. The van der Waals surface area contributed by atoms with Gasteiger partial charge in [0.05, 0.1) is 5.69 Å². The van der Waals surface area contributed by atoms with Crippen LogP contribution >= 0.6 is 0 Å². The van der Waals surface area contributed by atoms with Crippen LogP contribution in [-0.2, 0) is 10.0 Å². The fourth-order valence-electron chi connectivity index (χ4n) is 1.98. The number of sulfonamides is 1. The number of benzene rings is 1. The van der Waals surface area contributed by atoms with Crippen LogP contribution in [0.4, 0.5) is 11.4 Å². The lowest BCUT2D eigenvalue weighted by atomic mass is 10.2. The van der Waals surface area contributed by atoms with Crippen LogP contribution < -0.4 is 15.1 Å². The molecule has 0 unspecified atom stereocenters. The van der Waals surface area contributed by atoms with Crippen LogP contribution in [0.15, 0.2) is 46.3 Å². The second-order valence-electron chi connectivity index (χ2n) is 4.87. The highest BCUT2D eigenvalue weighted by atomic mass is 32.2. The Labute approximate surface area is 123 Å². The van der Waals surface area contributed by atoms with Crippen LogP contribution in [0.1, 0.15) is 5.56 Å². The molecule has 112 valence electrons. The van der Waals surface area contributed by atoms with Gasteiger partial charge in [-0.25, -0.2) is 8.42 Å². The van der Waals surface area contributed by atoms with Gasteiger partial charge in [-0.05, 0) is 24.6 Å². The van der Waals surface area contributed by atoms with Gasteiger partial charge < -0.3 is 9.88 Å². The Morgan fingerprint density at radius 2 is 1.90 bits per heavy atom. The molecule has 7 heteroatoms. The maximum absolute atomic E-state index is 12.2. The van der Waals surface area contributed by atoms with Gasteiger partial charge in [-0.3, -0.25) is 9.52 Å². The molecule has 0 fully saturated rings. The molecule has 1 heterocycles. The van der Waals surface area contributed by atoms with Crippen molar-refractivity contribution in [3.8, 4) is 0 Å². The molecular weight excluding hydrogens is 290 g/mol. The van der Waals surface area contributed by atoms with Gasteiger partial charge in [-0.1, -0.05) is 6.07 Å². The number of aromatic nitrogens is 1. The molecule has 0 aliphatic carbocycles. The molecule has 2 aromatic rings. The summed E-state index contributed by atoms with van der Waals surface area (Å²) >= 11 is 0. The van der Waals surface area contributed by atoms with Gasteiger partial charge in [0.2, 0.25) is 5.43 Å². The molecule has 2 rings (SSSR count). The smallest absolute Gasteiger partial charge is 0.267 e. The van der Waals surface area contributed by atoms with Gasteiger partial charge in [0.1, 0.15) is 0 Å². The monoisotopic (exact) mass is 307 g/mol. The van der Waals surface area contributed by atoms with E-state index in [0.29, 0.717) is 5.69 Å². The molecule has 6 nitrogen and oxygen atoms in total. The first-order valence-corrected chi connectivity index (χ1v) is 7.77. The third-order valence-electron chi connectivity index (χ3n) is 3.02. The van der Waals surface area contributed by atoms with Gasteiger partial charge in [0.25, 0.3) is 10.0 Å². The van der Waals surface area contributed by atoms with E-state index in [-0.39, 0.29) is 4.90 Å². The maximum Gasteiger partial charge on any atom is 0.267 e. The highest BCUT2D eigenvalue weighted by molar-refractivity contribution is 7.92. The third kappa shape index (κ3) is 3.25. The topological polar surface area (TPSA) is 82.3 Å². The summed E-state index contributed by atoms with van der Waals surface area (Å²) in [5.41, 5.74) is 1.78. The van der Waals surface area contributed by atoms with Gasteiger partial charge in [0.15, 0.2) is 4.90 Å². The molecule has 0 saturated heterocycles. The van der Waals surface area contributed by atoms with Crippen LogP contribution in [0.25, 0.3) is 0 Å². The number of H-pyrrole nitrogens is 1. The van der Waals surface area contributed by atoms with Crippen molar-refractivity contribution in [3.63, 3.8) is 0 Å². The lowest BCUT2D eigenvalue weighted by Crippen LogP contribution is -2.21. The number of nitrogens with one attached hydrogen (secondary N) is 2. The molecule has 1 aromatic carbocycles. The van der Waals surface area contributed by atoms with Crippen molar-refractivity contribution in [1.29, 1.82) is 0 Å². The summed E-state index contributed by atoms with van der Waals surface area (Å²) in [4.78, 5) is 15.8. The highest BCUT2D eigenvalue weighted by Crippen LogP contribution is 2.23. The molecule has 0 atom stereocenters. The first-order valence-electron chi connectivity index (χ1n) is 6.29. The lowest BCUT2D eigenvalue weighted by Gasteiger charge is -2.17. The van der Waals surface area contributed by atoms with E-state index in [9.17, 15) is 13.2 Å². The number of rotatable bonds is 4. The van der Waals surface area contributed by atoms with Crippen LogP contribution in [0.5, 0.6) is 0 Å². The molecular formula is C14H17N3O3S. The lowest BCUT2D eigenvalue weighted by molar-refractivity contribution is 0.600. The Balaban J connectivity index is 2.40. The minimum absolute atomic E-state index is 0.308. The summed E-state index contributed by atoms with van der Waals surface area (Å²) in [5, 5.41) is 0. The van der Waals surface area contributed by atoms with E-state index in [4.69, 9.17) is 0 Å². The largest absolute Gasteiger partial charge is 0.377 e. The number of anilines is 2. The van der Waals surface area contributed by atoms with Gasteiger partial charge >= 0.3 is 0 Å². The molecule has 0 radical (unpaired) electrons. The molecule has 0 bridgehead atoms. The quantitative estimate of drug-likeness (QED) is 0.898. The number of aromatic amines is 1. The number of hydrogen-bond donors (Lipinski definition) is 2. The van der Waals surface area contributed by atoms with Crippen LogP contribution in [0, 0.1) is 6.92 Å². The standard InChI is InChI=1S/C14H17N3O3S/c1-10-4-5-11(8-12(10)17(2)3)16-21(19,20)14-9-15-7-6-13(14)18/h4-9,16H,1-3H3,(H,15,18). The van der Waals surface area contributed by atoms with Gasteiger partial charge in [0, 0.05) is 38.2 Å². The van der Waals surface area contributed by atoms with Crippen molar-refractivity contribution >= 4 is 21.4 Å². The van der Waals surface area contributed by atoms with E-state index in [0.717, 1.165) is 11.3 Å². The molecule has 0 aliphatic rings. The van der Waals surface area contributed by atoms with E-state index < -0.39 is 15.5 Å². The summed E-state index contributed by atoms with van der Waals surface area (Å²) in [6.07, 6.45) is 2.56. The van der Waals surface area contributed by atoms with Crippen molar-refractivity contribution in [3.05, 3.63) is 52.4 Å². The Kier molecular flexibility index (Phi) is 4.04. The fraction of sp³-hybridized carbons (Fsp3) is 0.214. The van der Waals surface area contributed by atoms with Crippen molar-refractivity contribution in [2.45, 2.75) is 11.8 Å². The van der Waals surface area contributed by atoms with Gasteiger partial charge in [-0.15, -0.1) is 0 Å². The minimum atomic E-state index is -3.91. The zero-order chi connectivity index (χ0) is 15.6. The van der Waals surface area contributed by atoms with Crippen molar-refractivity contribution in [2.24, 2.45) is 0 Å². The average molecular weight is 307 g/mol. The Morgan fingerprint density at radius 3 is 2.52 bits per heavy atom. The van der Waals surface area contributed by atoms with Crippen LogP contribution in [-0.4, -0.2) is 27.5 Å². The van der Waals surface area contributed by atoms with Crippen LogP contribution in [0.3, 0.4) is 0 Å². The summed E-state index contributed by atoms with van der Waals surface area (Å²) in [7, 11) is -0.157. The summed E-state index contributed by atoms with van der Waals surface area (Å²) in [5.74, 6) is 0. The SMILES string of the molecule is Cc1ccc(NS(=O)(=O)c2c[nH]ccc2=O)cc1N(C)C. The predicted octanol–water partition coefficient (Wildman–Crippen LogP) is 1.55. The fourth-order valence-corrected chi connectivity index (χ4v) is 3.08. The first kappa shape index (κ1) is 15.1. The Hall–Kier alpha value is -2.28. The van der Waals surface area contributed by atoms with E-state index in [2.05, 4.69) is 9.71 Å². The maximum atomic E-state index is 12.2. The second kappa shape index (κ2) is 5.61. The Bertz CT molecular complexity index is 810. The normalized spacial score (nSPS) is 11.2. The van der Waals surface area contributed by atoms with E-state index in [1.165, 1.54) is 18.5 Å². The van der Waals surface area contributed by atoms with Crippen LogP contribution in [0.2, 0.25) is 0 Å². The molecule has 1 aromatic heterocycles. The number of aryl methyl sites for hydroxylation is 1. The first-order chi connectivity index (χ1) is 9.81. The summed E-state index contributed by atoms with van der Waals surface area (Å²) in [6, 6.07) is 6.39. The molecule has 2 N–H and O–H groups in total. The number of hydrogen-bond acceptors (Lipinski definition) is 4. The zero-order valence-electron chi connectivity index (χ0n) is 12.0. The number of pyridine rings is 1. The van der Waals surface area contributed by atoms with E-state index >= 15 is 0 Å². The minimum Gasteiger partial charge on any atom is -0.377 e. The van der Waals surface area contributed by atoms with Crippen molar-refractivity contribution < 1.29 is 8.42 Å². The summed E-state index contributed by atoms with van der Waals surface area (Å²) in [6.45, 7) is 1.94. The van der Waals surface area contributed by atoms with E-state index in [1.807, 2.05) is 32.0 Å². The van der Waals surface area contributed by atoms with Crippen molar-refractivity contribution in [1.82, 2.24) is 4.98 Å². The molecule has 0 spiro atoms. The van der Waals surface area contributed by atoms with Crippen molar-refractivity contribution in [2.75, 3.05) is 23.7 Å². The molecule has 0 saturated carbocycles. The highest BCUT2D eigenvalue weighted by Gasteiger charge is 2.18. The second-order valence-corrected chi connectivity index (χ2v) is 6.52. The number of nitrogens with zero attached hydrogens (tertiary/aromatic N) is 1. The van der Waals surface area contributed by atoms with Gasteiger partial charge in [-0.2, -0.15) is 0 Å². The summed E-state index contributed by atoms with van der Waals surface area (Å²) < 4.78 is 26.9. The molecule has 21 heavy (non-hydrogen) atoms. The van der Waals surface area contributed by atoms with E-state index in [1.54, 1.807) is 12.1 Å². The molecule has 0 aliphatic heterocycles. The Morgan fingerprint density at radius 1 is 1.19 bits per heavy atom. The molecule has 0 amide bonds. The zero-order valence-corrected chi connectivity index (χ0v) is 12.9. The predicted molar refractivity (Wildman–Crippen MR) is 83.4 cm³/mol. The third-order valence-corrected chi connectivity index (χ3v) is 4.42.